The van der Waals surface area contributed by atoms with E-state index in [9.17, 15) is 10.1 Å². The Bertz CT molecular complexity index is 246. The maximum atomic E-state index is 10.3. The average molecular weight is 185 g/mol. The van der Waals surface area contributed by atoms with Gasteiger partial charge in [-0.3, -0.25) is 10.1 Å². The average Bonchev–Trinajstić information content (AvgIpc) is 2.51. The topological polar surface area (TPSA) is 43.1 Å². The standard InChI is InChI=1S/C8H11NO2S/c1-2-7(5-9(10)11)8-3-4-12-6-8/h3-4,6-7H,2,5H2,1H3/t7-/m1/s1. The van der Waals surface area contributed by atoms with E-state index in [1.807, 2.05) is 23.8 Å². The summed E-state index contributed by atoms with van der Waals surface area (Å²) in [6.45, 7) is 2.03. The first-order valence-corrected chi connectivity index (χ1v) is 4.82. The Balaban J connectivity index is 2.63. The summed E-state index contributed by atoms with van der Waals surface area (Å²) in [6, 6.07) is 1.96. The Hall–Kier alpha value is -0.900. The van der Waals surface area contributed by atoms with Crippen LogP contribution < -0.4 is 0 Å². The fraction of sp³-hybridized carbons (Fsp3) is 0.500. The second-order valence-electron chi connectivity index (χ2n) is 2.68. The van der Waals surface area contributed by atoms with E-state index in [2.05, 4.69) is 0 Å². The molecule has 12 heavy (non-hydrogen) atoms. The van der Waals surface area contributed by atoms with E-state index in [4.69, 9.17) is 0 Å². The van der Waals surface area contributed by atoms with Crippen LogP contribution in [-0.2, 0) is 0 Å². The van der Waals surface area contributed by atoms with Gasteiger partial charge in [0.05, 0.1) is 0 Å². The fourth-order valence-corrected chi connectivity index (χ4v) is 1.90. The third kappa shape index (κ3) is 2.30. The normalized spacial score (nSPS) is 12.8. The predicted molar refractivity (Wildman–Crippen MR) is 49.2 cm³/mol. The molecule has 4 heteroatoms. The van der Waals surface area contributed by atoms with E-state index in [0.717, 1.165) is 12.0 Å². The summed E-state index contributed by atoms with van der Waals surface area (Å²) < 4.78 is 0. The van der Waals surface area contributed by atoms with E-state index in [0.29, 0.717) is 0 Å². The minimum atomic E-state index is -0.244. The van der Waals surface area contributed by atoms with Gasteiger partial charge in [-0.25, -0.2) is 0 Å². The molecule has 1 heterocycles. The van der Waals surface area contributed by atoms with Crippen molar-refractivity contribution in [3.8, 4) is 0 Å². The number of hydrogen-bond acceptors (Lipinski definition) is 3. The monoisotopic (exact) mass is 185 g/mol. The van der Waals surface area contributed by atoms with Crippen LogP contribution in [0.1, 0.15) is 24.8 Å². The molecule has 0 saturated carbocycles. The zero-order valence-electron chi connectivity index (χ0n) is 6.90. The van der Waals surface area contributed by atoms with Gasteiger partial charge in [-0.15, -0.1) is 0 Å². The predicted octanol–water partition coefficient (Wildman–Crippen LogP) is 2.52. The molecule has 0 amide bonds. The Morgan fingerprint density at radius 1 is 1.75 bits per heavy atom. The van der Waals surface area contributed by atoms with Gasteiger partial charge in [-0.2, -0.15) is 11.3 Å². The van der Waals surface area contributed by atoms with Gasteiger partial charge >= 0.3 is 0 Å². The second kappa shape index (κ2) is 4.21. The molecule has 1 atom stereocenters. The minimum Gasteiger partial charge on any atom is -0.265 e. The van der Waals surface area contributed by atoms with Gasteiger partial charge in [0.15, 0.2) is 0 Å². The van der Waals surface area contributed by atoms with Crippen LogP contribution in [0.25, 0.3) is 0 Å². The molecule has 0 spiro atoms. The molecule has 0 N–H and O–H groups in total. The highest BCUT2D eigenvalue weighted by Gasteiger charge is 2.15. The first-order chi connectivity index (χ1) is 5.74. The van der Waals surface area contributed by atoms with Crippen LogP contribution >= 0.6 is 11.3 Å². The molecule has 1 rings (SSSR count). The van der Waals surface area contributed by atoms with Crippen molar-refractivity contribution in [3.63, 3.8) is 0 Å². The summed E-state index contributed by atoms with van der Waals surface area (Å²) in [5.74, 6) is 0.0891. The SMILES string of the molecule is CC[C@H](C[N+](=O)[O-])c1ccsc1. The van der Waals surface area contributed by atoms with Crippen molar-refractivity contribution >= 4 is 11.3 Å². The molecule has 1 aromatic rings. The van der Waals surface area contributed by atoms with Crippen molar-refractivity contribution in [1.29, 1.82) is 0 Å². The molecule has 0 fully saturated rings. The molecular weight excluding hydrogens is 174 g/mol. The lowest BCUT2D eigenvalue weighted by atomic mass is 10.00. The van der Waals surface area contributed by atoms with Crippen molar-refractivity contribution in [2.45, 2.75) is 19.3 Å². The van der Waals surface area contributed by atoms with Crippen molar-refractivity contribution < 1.29 is 4.92 Å². The van der Waals surface area contributed by atoms with Crippen LogP contribution in [0.2, 0.25) is 0 Å². The van der Waals surface area contributed by atoms with E-state index in [1.165, 1.54) is 0 Å². The Kier molecular flexibility index (Phi) is 3.22. The molecule has 0 saturated heterocycles. The Morgan fingerprint density at radius 2 is 2.50 bits per heavy atom. The summed E-state index contributed by atoms with van der Waals surface area (Å²) in [4.78, 5) is 10.0. The first kappa shape index (κ1) is 9.19. The van der Waals surface area contributed by atoms with E-state index in [1.54, 1.807) is 11.3 Å². The number of nitro groups is 1. The van der Waals surface area contributed by atoms with Crippen molar-refractivity contribution in [2.24, 2.45) is 0 Å². The van der Waals surface area contributed by atoms with Gasteiger partial charge in [0, 0.05) is 10.8 Å². The third-order valence-electron chi connectivity index (χ3n) is 1.88. The van der Waals surface area contributed by atoms with Gasteiger partial charge in [0.25, 0.3) is 0 Å². The molecule has 0 aliphatic rings. The lowest BCUT2D eigenvalue weighted by Gasteiger charge is -2.06. The molecule has 3 nitrogen and oxygen atoms in total. The number of nitrogens with zero attached hydrogens (tertiary/aromatic N) is 1. The Labute approximate surface area is 75.2 Å². The molecule has 0 radical (unpaired) electrons. The van der Waals surface area contributed by atoms with Gasteiger partial charge in [0.2, 0.25) is 6.54 Å². The van der Waals surface area contributed by atoms with Crippen molar-refractivity contribution in [2.75, 3.05) is 6.54 Å². The van der Waals surface area contributed by atoms with Gasteiger partial charge in [0.1, 0.15) is 0 Å². The lowest BCUT2D eigenvalue weighted by Crippen LogP contribution is -2.10. The molecule has 0 bridgehead atoms. The quantitative estimate of drug-likeness (QED) is 0.534. The van der Waals surface area contributed by atoms with Gasteiger partial charge < -0.3 is 0 Å². The summed E-state index contributed by atoms with van der Waals surface area (Å²) in [5, 5.41) is 14.2. The molecule has 0 aliphatic carbocycles. The second-order valence-corrected chi connectivity index (χ2v) is 3.46. The van der Waals surface area contributed by atoms with Crippen LogP contribution in [-0.4, -0.2) is 11.5 Å². The van der Waals surface area contributed by atoms with Crippen LogP contribution in [0.15, 0.2) is 16.8 Å². The van der Waals surface area contributed by atoms with Crippen LogP contribution in [0.3, 0.4) is 0 Å². The van der Waals surface area contributed by atoms with E-state index >= 15 is 0 Å². The lowest BCUT2D eigenvalue weighted by molar-refractivity contribution is -0.483. The fourth-order valence-electron chi connectivity index (χ4n) is 1.16. The Morgan fingerprint density at radius 3 is 2.92 bits per heavy atom. The third-order valence-corrected chi connectivity index (χ3v) is 2.58. The summed E-state index contributed by atoms with van der Waals surface area (Å²) in [6.07, 6.45) is 0.831. The highest BCUT2D eigenvalue weighted by Crippen LogP contribution is 2.21. The van der Waals surface area contributed by atoms with Crippen LogP contribution in [0, 0.1) is 10.1 Å². The van der Waals surface area contributed by atoms with Crippen LogP contribution in [0.4, 0.5) is 0 Å². The number of hydrogen-bond donors (Lipinski definition) is 0. The summed E-state index contributed by atoms with van der Waals surface area (Å²) in [7, 11) is 0. The summed E-state index contributed by atoms with van der Waals surface area (Å²) >= 11 is 1.59. The smallest absolute Gasteiger partial charge is 0.210 e. The van der Waals surface area contributed by atoms with Crippen molar-refractivity contribution in [1.82, 2.24) is 0 Å². The van der Waals surface area contributed by atoms with Crippen molar-refractivity contribution in [3.05, 3.63) is 32.5 Å². The zero-order valence-corrected chi connectivity index (χ0v) is 7.71. The number of rotatable bonds is 4. The maximum Gasteiger partial charge on any atom is 0.210 e. The molecule has 0 unspecified atom stereocenters. The maximum absolute atomic E-state index is 10.3. The largest absolute Gasteiger partial charge is 0.265 e. The highest BCUT2D eigenvalue weighted by atomic mass is 32.1. The molecule has 0 aromatic carbocycles. The molecule has 1 aromatic heterocycles. The highest BCUT2D eigenvalue weighted by molar-refractivity contribution is 7.07. The van der Waals surface area contributed by atoms with E-state index < -0.39 is 0 Å². The van der Waals surface area contributed by atoms with Gasteiger partial charge in [-0.05, 0) is 28.8 Å². The molecular formula is C8H11NO2S. The van der Waals surface area contributed by atoms with E-state index in [-0.39, 0.29) is 17.4 Å². The summed E-state index contributed by atoms with van der Waals surface area (Å²) in [5.41, 5.74) is 1.10. The van der Waals surface area contributed by atoms with Crippen LogP contribution in [0.5, 0.6) is 0 Å². The molecule has 66 valence electrons. The zero-order chi connectivity index (χ0) is 8.97. The first-order valence-electron chi connectivity index (χ1n) is 3.88. The van der Waals surface area contributed by atoms with Gasteiger partial charge in [-0.1, -0.05) is 6.92 Å². The number of thiophene rings is 1. The minimum absolute atomic E-state index is 0.0488. The molecule has 0 aliphatic heterocycles.